The van der Waals surface area contributed by atoms with Crippen molar-refractivity contribution >= 4 is 63.7 Å². The summed E-state index contributed by atoms with van der Waals surface area (Å²) in [6.07, 6.45) is 12.3. The van der Waals surface area contributed by atoms with E-state index in [0.29, 0.717) is 53.1 Å². The minimum atomic E-state index is -0.644. The Morgan fingerprint density at radius 3 is 1.50 bits per heavy atom. The van der Waals surface area contributed by atoms with Gasteiger partial charge in [0, 0.05) is 46.8 Å². The van der Waals surface area contributed by atoms with Crippen molar-refractivity contribution in [3.05, 3.63) is 91.0 Å². The number of hydrogen-bond acceptors (Lipinski definition) is 11. The molecular formula is C52H65IN2O11. The molecule has 0 fully saturated rings. The van der Waals surface area contributed by atoms with Crippen molar-refractivity contribution in [2.45, 2.75) is 105 Å². The first-order valence-corrected chi connectivity index (χ1v) is 23.9. The fourth-order valence-electron chi connectivity index (χ4n) is 6.42. The third kappa shape index (κ3) is 20.9. The molecule has 0 aliphatic carbocycles. The van der Waals surface area contributed by atoms with E-state index in [9.17, 15) is 24.0 Å². The lowest BCUT2D eigenvalue weighted by molar-refractivity contribution is -0.115. The lowest BCUT2D eigenvalue weighted by Gasteiger charge is -2.13. The number of rotatable bonds is 28. The zero-order valence-corrected chi connectivity index (χ0v) is 41.3. The van der Waals surface area contributed by atoms with Crippen molar-refractivity contribution in [2.24, 2.45) is 0 Å². The first-order chi connectivity index (χ1) is 32.0. The van der Waals surface area contributed by atoms with Gasteiger partial charge in [0.25, 0.3) is 0 Å². The minimum absolute atomic E-state index is 0.0125. The van der Waals surface area contributed by atoms with Gasteiger partial charge in [-0.05, 0) is 71.8 Å². The standard InChI is InChI=1S/C52H65IN2O11/c1-6-8-10-12-14-18-26-64-51(59)45-36-48(54-38(3)56)42(24-22-40-20-16-17-21-44(40)50(58)66-33-32-63-31-30-62-29-28-61-5)34-41(45)23-25-43-35-47(53)46(37-49(43)55-39(4)57)52(60)65-27-19-15-13-11-9-7-2/h16-17,20-21,34-37H,6-15,18-19,26-33H2,1-5H3,(H,54,56)(H,55,57). The maximum atomic E-state index is 13.8. The van der Waals surface area contributed by atoms with Crippen LogP contribution in [0.3, 0.4) is 0 Å². The largest absolute Gasteiger partial charge is 0.462 e. The van der Waals surface area contributed by atoms with Crippen LogP contribution < -0.4 is 10.6 Å². The number of methoxy groups -OCH3 is 1. The third-order valence-corrected chi connectivity index (χ3v) is 10.8. The van der Waals surface area contributed by atoms with Crippen LogP contribution in [0.2, 0.25) is 0 Å². The van der Waals surface area contributed by atoms with Crippen LogP contribution in [0.1, 0.15) is 158 Å². The van der Waals surface area contributed by atoms with E-state index >= 15 is 0 Å². The van der Waals surface area contributed by atoms with E-state index in [2.05, 4.69) is 48.2 Å². The molecule has 3 rings (SSSR count). The van der Waals surface area contributed by atoms with Gasteiger partial charge in [-0.15, -0.1) is 0 Å². The summed E-state index contributed by atoms with van der Waals surface area (Å²) >= 11 is 2.04. The molecule has 0 aliphatic heterocycles. The number of ether oxygens (including phenoxy) is 6. The molecule has 0 aliphatic rings. The van der Waals surface area contributed by atoms with Gasteiger partial charge in [-0.3, -0.25) is 9.59 Å². The monoisotopic (exact) mass is 1020 g/mol. The predicted molar refractivity (Wildman–Crippen MR) is 264 cm³/mol. The minimum Gasteiger partial charge on any atom is -0.462 e. The molecule has 0 radical (unpaired) electrons. The molecule has 0 aromatic heterocycles. The average Bonchev–Trinajstić information content (AvgIpc) is 3.29. The van der Waals surface area contributed by atoms with Gasteiger partial charge in [-0.1, -0.05) is 114 Å². The Kier molecular flexibility index (Phi) is 27.0. The summed E-state index contributed by atoms with van der Waals surface area (Å²) < 4.78 is 33.2. The van der Waals surface area contributed by atoms with Crippen molar-refractivity contribution in [1.29, 1.82) is 0 Å². The Morgan fingerprint density at radius 1 is 0.485 bits per heavy atom. The second-order valence-corrected chi connectivity index (χ2v) is 16.6. The molecule has 14 heteroatoms. The van der Waals surface area contributed by atoms with E-state index in [4.69, 9.17) is 28.4 Å². The molecule has 3 aromatic rings. The number of hydrogen-bond donors (Lipinski definition) is 2. The number of carbonyl (C=O) groups excluding carboxylic acids is 5. The highest BCUT2D eigenvalue weighted by Crippen LogP contribution is 2.26. The van der Waals surface area contributed by atoms with E-state index in [1.165, 1.54) is 26.3 Å². The van der Waals surface area contributed by atoms with Crippen molar-refractivity contribution in [3.63, 3.8) is 0 Å². The van der Waals surface area contributed by atoms with E-state index in [0.717, 1.165) is 64.2 Å². The van der Waals surface area contributed by atoms with Gasteiger partial charge < -0.3 is 39.1 Å². The molecule has 3 aromatic carbocycles. The Labute approximate surface area is 404 Å². The van der Waals surface area contributed by atoms with Crippen molar-refractivity contribution < 1.29 is 52.4 Å². The van der Waals surface area contributed by atoms with Crippen LogP contribution >= 0.6 is 22.6 Å². The summed E-state index contributed by atoms with van der Waals surface area (Å²) in [5, 5.41) is 5.55. The summed E-state index contributed by atoms with van der Waals surface area (Å²) in [4.78, 5) is 65.1. The molecule has 0 spiro atoms. The highest BCUT2D eigenvalue weighted by molar-refractivity contribution is 14.1. The number of benzene rings is 3. The molecule has 0 bridgehead atoms. The van der Waals surface area contributed by atoms with Gasteiger partial charge >= 0.3 is 17.9 Å². The molecule has 0 saturated carbocycles. The number of carbonyl (C=O) groups is 5. The van der Waals surface area contributed by atoms with Crippen LogP contribution in [0.5, 0.6) is 0 Å². The van der Waals surface area contributed by atoms with Crippen molar-refractivity contribution in [2.75, 3.05) is 70.6 Å². The Bertz CT molecular complexity index is 2180. The van der Waals surface area contributed by atoms with Gasteiger partial charge in [0.1, 0.15) is 6.61 Å². The molecule has 66 heavy (non-hydrogen) atoms. The van der Waals surface area contributed by atoms with Gasteiger partial charge in [-0.2, -0.15) is 0 Å². The molecule has 2 amide bonds. The SMILES string of the molecule is CCCCCCCCOC(=O)c1cc(NC(C)=O)c(C#Cc2cc(C#Cc3ccccc3C(=O)OCCOCCOCCOC)c(NC(C)=O)cc2C(=O)OCCCCCCCC)cc1I. The molecule has 0 atom stereocenters. The lowest BCUT2D eigenvalue weighted by Crippen LogP contribution is -2.14. The van der Waals surface area contributed by atoms with E-state index in [1.54, 1.807) is 49.6 Å². The molecule has 13 nitrogen and oxygen atoms in total. The highest BCUT2D eigenvalue weighted by Gasteiger charge is 2.19. The third-order valence-electron chi connectivity index (χ3n) is 9.86. The topological polar surface area (TPSA) is 165 Å². The first kappa shape index (κ1) is 55.1. The van der Waals surface area contributed by atoms with Gasteiger partial charge in [0.05, 0.1) is 74.3 Å². The van der Waals surface area contributed by atoms with Crippen LogP contribution in [-0.4, -0.2) is 89.7 Å². The quantitative estimate of drug-likeness (QED) is 0.0234. The summed E-state index contributed by atoms with van der Waals surface area (Å²) in [5.41, 5.74) is 2.36. The second kappa shape index (κ2) is 32.4. The predicted octanol–water partition coefficient (Wildman–Crippen LogP) is 9.88. The van der Waals surface area contributed by atoms with Crippen LogP contribution in [0.4, 0.5) is 11.4 Å². The van der Waals surface area contributed by atoms with Crippen LogP contribution in [0, 0.1) is 27.3 Å². The summed E-state index contributed by atoms with van der Waals surface area (Å²) in [5.74, 6) is 9.75. The molecule has 0 saturated heterocycles. The first-order valence-electron chi connectivity index (χ1n) is 22.8. The zero-order valence-electron chi connectivity index (χ0n) is 39.1. The summed E-state index contributed by atoms with van der Waals surface area (Å²) in [7, 11) is 1.60. The molecule has 0 unspecified atom stereocenters. The molecular weight excluding hydrogens is 955 g/mol. The maximum Gasteiger partial charge on any atom is 0.339 e. The molecule has 356 valence electrons. The Morgan fingerprint density at radius 2 is 0.924 bits per heavy atom. The Hall–Kier alpha value is -5.26. The van der Waals surface area contributed by atoms with Gasteiger partial charge in [0.15, 0.2) is 0 Å². The van der Waals surface area contributed by atoms with Gasteiger partial charge in [-0.25, -0.2) is 14.4 Å². The maximum absolute atomic E-state index is 13.8. The smallest absolute Gasteiger partial charge is 0.339 e. The average molecular weight is 1020 g/mol. The number of amides is 2. The normalized spacial score (nSPS) is 10.5. The summed E-state index contributed by atoms with van der Waals surface area (Å²) in [6, 6.07) is 13.0. The number of anilines is 2. The van der Waals surface area contributed by atoms with Crippen molar-refractivity contribution in [1.82, 2.24) is 0 Å². The Balaban J connectivity index is 2.01. The zero-order chi connectivity index (χ0) is 47.9. The number of esters is 3. The number of nitrogens with one attached hydrogen (secondary N) is 2. The molecule has 0 heterocycles. The second-order valence-electron chi connectivity index (χ2n) is 15.4. The fourth-order valence-corrected chi connectivity index (χ4v) is 7.11. The van der Waals surface area contributed by atoms with Crippen LogP contribution in [0.25, 0.3) is 0 Å². The van der Waals surface area contributed by atoms with Crippen LogP contribution in [-0.2, 0) is 38.0 Å². The molecule has 2 N–H and O–H groups in total. The fraction of sp³-hybridized carbons (Fsp3) is 0.481. The highest BCUT2D eigenvalue weighted by atomic mass is 127. The van der Waals surface area contributed by atoms with Crippen molar-refractivity contribution in [3.8, 4) is 23.7 Å². The summed E-state index contributed by atoms with van der Waals surface area (Å²) in [6.45, 7) is 9.33. The van der Waals surface area contributed by atoms with E-state index in [-0.39, 0.29) is 66.0 Å². The van der Waals surface area contributed by atoms with E-state index < -0.39 is 23.8 Å². The number of halogens is 1. The van der Waals surface area contributed by atoms with E-state index in [1.807, 2.05) is 22.6 Å². The van der Waals surface area contributed by atoms with Gasteiger partial charge in [0.2, 0.25) is 11.8 Å². The van der Waals surface area contributed by atoms with Crippen LogP contribution in [0.15, 0.2) is 48.5 Å². The lowest BCUT2D eigenvalue weighted by atomic mass is 10.00. The number of unbranched alkanes of at least 4 members (excludes halogenated alkanes) is 10.